The second-order valence-corrected chi connectivity index (χ2v) is 6.87. The number of carbonyl (C=O) groups excluding carboxylic acids is 1. The third kappa shape index (κ3) is 6.27. The number of halogens is 2. The first-order chi connectivity index (χ1) is 11.6. The Labute approximate surface area is 156 Å². The van der Waals surface area contributed by atoms with Gasteiger partial charge in [0.2, 0.25) is 5.91 Å². The van der Waals surface area contributed by atoms with Gasteiger partial charge in [0.15, 0.2) is 0 Å². The van der Waals surface area contributed by atoms with Crippen LogP contribution in [0.2, 0.25) is 10.0 Å². The fourth-order valence-electron chi connectivity index (χ4n) is 2.04. The van der Waals surface area contributed by atoms with Crippen molar-refractivity contribution in [1.29, 1.82) is 0 Å². The van der Waals surface area contributed by atoms with Crippen LogP contribution in [0.4, 0.5) is 0 Å². The molecule has 3 nitrogen and oxygen atoms in total. The molecule has 24 heavy (non-hydrogen) atoms. The van der Waals surface area contributed by atoms with E-state index in [2.05, 4.69) is 17.4 Å². The van der Waals surface area contributed by atoms with E-state index >= 15 is 0 Å². The summed E-state index contributed by atoms with van der Waals surface area (Å²) in [5.41, 5.74) is 1.09. The Morgan fingerprint density at radius 3 is 2.58 bits per heavy atom. The predicted octanol–water partition coefficient (Wildman–Crippen LogP) is 5.19. The van der Waals surface area contributed by atoms with Crippen LogP contribution in [-0.4, -0.2) is 18.8 Å². The summed E-state index contributed by atoms with van der Waals surface area (Å²) in [5.74, 6) is 0.588. The topological polar surface area (TPSA) is 38.3 Å². The van der Waals surface area contributed by atoms with Gasteiger partial charge in [-0.3, -0.25) is 4.79 Å². The average Bonchev–Trinajstić information content (AvgIpc) is 2.59. The van der Waals surface area contributed by atoms with Crippen LogP contribution in [0.25, 0.3) is 0 Å². The lowest BCUT2D eigenvalue weighted by atomic mass is 10.2. The van der Waals surface area contributed by atoms with E-state index in [0.29, 0.717) is 41.8 Å². The molecule has 0 aliphatic rings. The van der Waals surface area contributed by atoms with Crippen molar-refractivity contribution < 1.29 is 9.53 Å². The standard InChI is InChI=1S/C18H19Cl2NO2S/c1-24-15-7-4-13(5-8-15)12-21-18(22)3-2-10-23-17-9-6-14(19)11-16(17)20/h4-9,11H,2-3,10,12H2,1H3,(H,21,22). The first kappa shape index (κ1) is 19.0. The van der Waals surface area contributed by atoms with Gasteiger partial charge in [-0.1, -0.05) is 35.3 Å². The molecule has 0 bridgehead atoms. The summed E-state index contributed by atoms with van der Waals surface area (Å²) < 4.78 is 5.56. The second kappa shape index (κ2) is 9.82. The first-order valence-electron chi connectivity index (χ1n) is 7.56. The van der Waals surface area contributed by atoms with Crippen molar-refractivity contribution in [2.24, 2.45) is 0 Å². The Morgan fingerprint density at radius 1 is 1.17 bits per heavy atom. The van der Waals surface area contributed by atoms with Gasteiger partial charge in [-0.05, 0) is 48.6 Å². The molecule has 0 spiro atoms. The van der Waals surface area contributed by atoms with Crippen LogP contribution in [0.3, 0.4) is 0 Å². The maximum atomic E-state index is 11.8. The van der Waals surface area contributed by atoms with Gasteiger partial charge in [-0.15, -0.1) is 11.8 Å². The molecule has 0 saturated heterocycles. The van der Waals surface area contributed by atoms with E-state index in [9.17, 15) is 4.79 Å². The lowest BCUT2D eigenvalue weighted by molar-refractivity contribution is -0.121. The van der Waals surface area contributed by atoms with Gasteiger partial charge in [0, 0.05) is 22.9 Å². The minimum absolute atomic E-state index is 0.00902. The van der Waals surface area contributed by atoms with Crippen molar-refractivity contribution in [2.75, 3.05) is 12.9 Å². The summed E-state index contributed by atoms with van der Waals surface area (Å²) in [5, 5.41) is 3.95. The Kier molecular flexibility index (Phi) is 7.76. The quantitative estimate of drug-likeness (QED) is 0.503. The number of nitrogens with one attached hydrogen (secondary N) is 1. The number of carbonyl (C=O) groups is 1. The predicted molar refractivity (Wildman–Crippen MR) is 101 cm³/mol. The van der Waals surface area contributed by atoms with E-state index < -0.39 is 0 Å². The Morgan fingerprint density at radius 2 is 1.92 bits per heavy atom. The molecular formula is C18H19Cl2NO2S. The zero-order valence-electron chi connectivity index (χ0n) is 13.4. The van der Waals surface area contributed by atoms with E-state index in [0.717, 1.165) is 5.56 Å². The van der Waals surface area contributed by atoms with Crippen LogP contribution in [0.1, 0.15) is 18.4 Å². The summed E-state index contributed by atoms with van der Waals surface area (Å²) in [4.78, 5) is 13.1. The molecule has 0 saturated carbocycles. The van der Waals surface area contributed by atoms with E-state index in [1.54, 1.807) is 30.0 Å². The molecule has 6 heteroatoms. The third-order valence-electron chi connectivity index (χ3n) is 3.35. The van der Waals surface area contributed by atoms with Crippen LogP contribution < -0.4 is 10.1 Å². The van der Waals surface area contributed by atoms with Crippen LogP contribution in [-0.2, 0) is 11.3 Å². The molecular weight excluding hydrogens is 365 g/mol. The fourth-order valence-corrected chi connectivity index (χ4v) is 2.91. The van der Waals surface area contributed by atoms with E-state index in [1.807, 2.05) is 18.4 Å². The van der Waals surface area contributed by atoms with Crippen LogP contribution >= 0.6 is 35.0 Å². The van der Waals surface area contributed by atoms with E-state index in [-0.39, 0.29) is 5.91 Å². The zero-order valence-corrected chi connectivity index (χ0v) is 15.7. The number of rotatable bonds is 8. The highest BCUT2D eigenvalue weighted by Gasteiger charge is 2.04. The average molecular weight is 384 g/mol. The third-order valence-corrected chi connectivity index (χ3v) is 4.62. The lowest BCUT2D eigenvalue weighted by Gasteiger charge is -2.09. The maximum Gasteiger partial charge on any atom is 0.220 e. The lowest BCUT2D eigenvalue weighted by Crippen LogP contribution is -2.22. The minimum Gasteiger partial charge on any atom is -0.492 e. The van der Waals surface area contributed by atoms with Gasteiger partial charge in [0.25, 0.3) is 0 Å². The molecule has 0 heterocycles. The zero-order chi connectivity index (χ0) is 17.4. The van der Waals surface area contributed by atoms with Gasteiger partial charge < -0.3 is 10.1 Å². The van der Waals surface area contributed by atoms with Gasteiger partial charge in [0.1, 0.15) is 5.75 Å². The molecule has 0 unspecified atom stereocenters. The van der Waals surface area contributed by atoms with Crippen LogP contribution in [0.5, 0.6) is 5.75 Å². The summed E-state index contributed by atoms with van der Waals surface area (Å²) in [7, 11) is 0. The number of thioether (sulfide) groups is 1. The molecule has 0 atom stereocenters. The fraction of sp³-hybridized carbons (Fsp3) is 0.278. The molecule has 1 N–H and O–H groups in total. The van der Waals surface area contributed by atoms with Gasteiger partial charge >= 0.3 is 0 Å². The van der Waals surface area contributed by atoms with Gasteiger partial charge in [-0.2, -0.15) is 0 Å². The number of ether oxygens (including phenoxy) is 1. The van der Waals surface area contributed by atoms with Crippen molar-refractivity contribution in [2.45, 2.75) is 24.3 Å². The summed E-state index contributed by atoms with van der Waals surface area (Å²) in [6.07, 6.45) is 3.07. The van der Waals surface area contributed by atoms with Crippen molar-refractivity contribution >= 4 is 40.9 Å². The molecule has 0 radical (unpaired) electrons. The SMILES string of the molecule is CSc1ccc(CNC(=O)CCCOc2ccc(Cl)cc2Cl)cc1. The molecule has 2 aromatic carbocycles. The molecule has 128 valence electrons. The van der Waals surface area contributed by atoms with Crippen molar-refractivity contribution in [3.63, 3.8) is 0 Å². The number of hydrogen-bond acceptors (Lipinski definition) is 3. The highest BCUT2D eigenvalue weighted by atomic mass is 35.5. The Hall–Kier alpha value is -1.36. The largest absolute Gasteiger partial charge is 0.492 e. The normalized spacial score (nSPS) is 10.5. The molecule has 0 aromatic heterocycles. The maximum absolute atomic E-state index is 11.8. The molecule has 1 amide bonds. The van der Waals surface area contributed by atoms with E-state index in [4.69, 9.17) is 27.9 Å². The highest BCUT2D eigenvalue weighted by molar-refractivity contribution is 7.98. The second-order valence-electron chi connectivity index (χ2n) is 5.15. The van der Waals surface area contributed by atoms with Crippen LogP contribution in [0.15, 0.2) is 47.4 Å². The summed E-state index contributed by atoms with van der Waals surface area (Å²) in [6, 6.07) is 13.2. The molecule has 0 fully saturated rings. The Balaban J connectivity index is 1.65. The molecule has 0 aliphatic carbocycles. The van der Waals surface area contributed by atoms with E-state index in [1.165, 1.54) is 4.90 Å². The number of hydrogen-bond donors (Lipinski definition) is 1. The van der Waals surface area contributed by atoms with Gasteiger partial charge in [-0.25, -0.2) is 0 Å². The van der Waals surface area contributed by atoms with Crippen molar-refractivity contribution in [3.8, 4) is 5.75 Å². The van der Waals surface area contributed by atoms with Crippen LogP contribution in [0, 0.1) is 0 Å². The van der Waals surface area contributed by atoms with Gasteiger partial charge in [0.05, 0.1) is 11.6 Å². The monoisotopic (exact) mass is 383 g/mol. The summed E-state index contributed by atoms with van der Waals surface area (Å²) >= 11 is 13.5. The smallest absolute Gasteiger partial charge is 0.220 e. The highest BCUT2D eigenvalue weighted by Crippen LogP contribution is 2.27. The Bertz CT molecular complexity index is 677. The van der Waals surface area contributed by atoms with Crippen molar-refractivity contribution in [3.05, 3.63) is 58.1 Å². The molecule has 2 rings (SSSR count). The molecule has 0 aliphatic heterocycles. The van der Waals surface area contributed by atoms with Crippen molar-refractivity contribution in [1.82, 2.24) is 5.32 Å². The first-order valence-corrected chi connectivity index (χ1v) is 9.54. The number of amides is 1. The molecule has 2 aromatic rings. The number of benzene rings is 2. The summed E-state index contributed by atoms with van der Waals surface area (Å²) in [6.45, 7) is 0.967. The minimum atomic E-state index is 0.00902.